The van der Waals surface area contributed by atoms with Gasteiger partial charge in [-0.25, -0.2) is 5.48 Å². The SMILES string of the molecule is O=C(CCCCCCC(=O)NCc1cccc(-c2ccc([C@H]3O[C@@H](CN4CCCCCCC4)C[C@@H](c4ccc(CO)cc4)O3)cc2)c1)NO. The number of unbranched alkanes of at least 4 members (excludes halogenated alkanes) is 3. The summed E-state index contributed by atoms with van der Waals surface area (Å²) in [6.07, 6.45) is 10.6. The molecule has 49 heavy (non-hydrogen) atoms. The lowest BCUT2D eigenvalue weighted by Gasteiger charge is -2.38. The Morgan fingerprint density at radius 3 is 2.10 bits per heavy atom. The van der Waals surface area contributed by atoms with E-state index in [4.69, 9.17) is 14.7 Å². The van der Waals surface area contributed by atoms with Crippen molar-refractivity contribution in [2.45, 2.75) is 109 Å². The molecule has 4 N–H and O–H groups in total. The molecule has 5 rings (SSSR count). The molecule has 2 fully saturated rings. The highest BCUT2D eigenvalue weighted by Gasteiger charge is 2.33. The van der Waals surface area contributed by atoms with Crippen molar-refractivity contribution < 1.29 is 29.4 Å². The average Bonchev–Trinajstić information content (AvgIpc) is 3.13. The van der Waals surface area contributed by atoms with Crippen molar-refractivity contribution >= 4 is 11.8 Å². The van der Waals surface area contributed by atoms with Gasteiger partial charge in [-0.3, -0.25) is 14.8 Å². The molecule has 0 radical (unpaired) electrons. The zero-order chi connectivity index (χ0) is 34.3. The molecular weight excluding hydrogens is 618 g/mol. The van der Waals surface area contributed by atoms with Gasteiger partial charge in [-0.15, -0.1) is 0 Å². The molecule has 264 valence electrons. The van der Waals surface area contributed by atoms with E-state index in [1.165, 1.54) is 32.1 Å². The van der Waals surface area contributed by atoms with E-state index in [0.29, 0.717) is 25.8 Å². The number of amides is 2. The molecular formula is C40H53N3O6. The van der Waals surface area contributed by atoms with Crippen LogP contribution in [0.4, 0.5) is 0 Å². The topological polar surface area (TPSA) is 120 Å². The van der Waals surface area contributed by atoms with Crippen LogP contribution in [0, 0.1) is 0 Å². The van der Waals surface area contributed by atoms with Gasteiger partial charge in [0.1, 0.15) is 0 Å². The zero-order valence-electron chi connectivity index (χ0n) is 28.7. The van der Waals surface area contributed by atoms with Crippen LogP contribution in [-0.2, 0) is 32.2 Å². The lowest BCUT2D eigenvalue weighted by Crippen LogP contribution is -2.40. The number of hydrogen-bond donors (Lipinski definition) is 4. The van der Waals surface area contributed by atoms with Crippen LogP contribution in [0.1, 0.15) is 112 Å². The Labute approximate surface area is 291 Å². The normalized spacial score (nSPS) is 20.2. The monoisotopic (exact) mass is 671 g/mol. The highest BCUT2D eigenvalue weighted by molar-refractivity contribution is 5.76. The van der Waals surface area contributed by atoms with E-state index in [9.17, 15) is 14.7 Å². The highest BCUT2D eigenvalue weighted by atomic mass is 16.7. The van der Waals surface area contributed by atoms with Crippen LogP contribution >= 0.6 is 0 Å². The number of aliphatic hydroxyl groups is 1. The molecule has 0 saturated carbocycles. The van der Waals surface area contributed by atoms with Gasteiger partial charge in [-0.1, -0.05) is 98.8 Å². The van der Waals surface area contributed by atoms with Crippen molar-refractivity contribution in [2.75, 3.05) is 19.6 Å². The van der Waals surface area contributed by atoms with Crippen LogP contribution in [0.15, 0.2) is 72.8 Å². The van der Waals surface area contributed by atoms with Gasteiger partial charge >= 0.3 is 0 Å². The maximum atomic E-state index is 12.4. The standard InChI is InChI=1S/C40H53N3O6/c44-29-30-15-17-33(18-16-30)37-26-36(28-43-23-8-4-1-5-9-24-43)48-40(49-37)34-21-19-32(20-22-34)35-12-10-11-31(25-35)27-41-38(45)13-6-2-3-7-14-39(46)42-47/h10-12,15-22,25,36-37,40,44,47H,1-9,13-14,23-24,26-29H2,(H,41,45)(H,42,46)/t36-,37+,40+/m1/s1. The first-order chi connectivity index (χ1) is 24.0. The van der Waals surface area contributed by atoms with Crippen LogP contribution < -0.4 is 10.8 Å². The molecule has 2 aliphatic heterocycles. The predicted molar refractivity (Wildman–Crippen MR) is 189 cm³/mol. The van der Waals surface area contributed by atoms with E-state index in [-0.39, 0.29) is 30.6 Å². The summed E-state index contributed by atoms with van der Waals surface area (Å²) in [5, 5.41) is 21.1. The summed E-state index contributed by atoms with van der Waals surface area (Å²) in [4.78, 5) is 26.1. The third kappa shape index (κ3) is 11.8. The summed E-state index contributed by atoms with van der Waals surface area (Å²) < 4.78 is 13.3. The molecule has 2 heterocycles. The molecule has 0 spiro atoms. The van der Waals surface area contributed by atoms with Gasteiger partial charge in [-0.05, 0) is 72.7 Å². The van der Waals surface area contributed by atoms with Gasteiger partial charge in [0.15, 0.2) is 6.29 Å². The second-order valence-corrected chi connectivity index (χ2v) is 13.5. The van der Waals surface area contributed by atoms with Crippen molar-refractivity contribution in [3.8, 4) is 11.1 Å². The van der Waals surface area contributed by atoms with Gasteiger partial charge in [0, 0.05) is 37.9 Å². The van der Waals surface area contributed by atoms with Gasteiger partial charge in [0.25, 0.3) is 0 Å². The Kier molecular flexibility index (Phi) is 14.6. The lowest BCUT2D eigenvalue weighted by atomic mass is 9.98. The van der Waals surface area contributed by atoms with Gasteiger partial charge in [0.2, 0.25) is 11.8 Å². The molecule has 3 atom stereocenters. The quantitative estimate of drug-likeness (QED) is 0.0772. The number of carbonyl (C=O) groups is 2. The summed E-state index contributed by atoms with van der Waals surface area (Å²) in [6.45, 7) is 3.63. The van der Waals surface area contributed by atoms with Crippen molar-refractivity contribution in [3.05, 3.63) is 95.1 Å². The number of hydrogen-bond acceptors (Lipinski definition) is 7. The summed E-state index contributed by atoms with van der Waals surface area (Å²) >= 11 is 0. The fourth-order valence-electron chi connectivity index (χ4n) is 6.78. The van der Waals surface area contributed by atoms with E-state index < -0.39 is 6.29 Å². The number of rotatable bonds is 15. The molecule has 9 nitrogen and oxygen atoms in total. The number of ether oxygens (including phenoxy) is 2. The minimum absolute atomic E-state index is 0.0163. The Bertz CT molecular complexity index is 1440. The minimum Gasteiger partial charge on any atom is -0.392 e. The van der Waals surface area contributed by atoms with Crippen molar-refractivity contribution in [3.63, 3.8) is 0 Å². The molecule has 2 aliphatic rings. The van der Waals surface area contributed by atoms with Crippen molar-refractivity contribution in [2.24, 2.45) is 0 Å². The largest absolute Gasteiger partial charge is 0.392 e. The van der Waals surface area contributed by atoms with Crippen LogP contribution in [0.5, 0.6) is 0 Å². The molecule has 0 aliphatic carbocycles. The number of nitrogens with zero attached hydrogens (tertiary/aromatic N) is 1. The molecule has 0 unspecified atom stereocenters. The minimum atomic E-state index is -0.480. The van der Waals surface area contributed by atoms with Crippen LogP contribution in [0.2, 0.25) is 0 Å². The van der Waals surface area contributed by atoms with Crippen LogP contribution in [0.3, 0.4) is 0 Å². The summed E-state index contributed by atoms with van der Waals surface area (Å²) in [5.74, 6) is -0.357. The number of aliphatic hydroxyl groups excluding tert-OH is 1. The third-order valence-corrected chi connectivity index (χ3v) is 9.64. The molecule has 3 aromatic carbocycles. The fourth-order valence-corrected chi connectivity index (χ4v) is 6.78. The zero-order valence-corrected chi connectivity index (χ0v) is 28.7. The lowest BCUT2D eigenvalue weighted by molar-refractivity contribution is -0.253. The maximum Gasteiger partial charge on any atom is 0.243 e. The number of likely N-dealkylation sites (tertiary alicyclic amines) is 1. The molecule has 9 heteroatoms. The van der Waals surface area contributed by atoms with Gasteiger partial charge in [0.05, 0.1) is 18.8 Å². The summed E-state index contributed by atoms with van der Waals surface area (Å²) in [7, 11) is 0. The first-order valence-electron chi connectivity index (χ1n) is 18.1. The van der Waals surface area contributed by atoms with E-state index in [1.54, 1.807) is 5.48 Å². The Morgan fingerprint density at radius 1 is 0.735 bits per heavy atom. The van der Waals surface area contributed by atoms with Crippen molar-refractivity contribution in [1.29, 1.82) is 0 Å². The Morgan fingerprint density at radius 2 is 1.41 bits per heavy atom. The first-order valence-corrected chi connectivity index (χ1v) is 18.1. The van der Waals surface area contributed by atoms with Crippen molar-refractivity contribution in [1.82, 2.24) is 15.7 Å². The molecule has 2 saturated heterocycles. The summed E-state index contributed by atoms with van der Waals surface area (Å²) in [5.41, 5.74) is 7.81. The van der Waals surface area contributed by atoms with Gasteiger partial charge in [-0.2, -0.15) is 0 Å². The van der Waals surface area contributed by atoms with E-state index >= 15 is 0 Å². The Balaban J connectivity index is 1.18. The smallest absolute Gasteiger partial charge is 0.243 e. The van der Waals surface area contributed by atoms with Crippen LogP contribution in [0.25, 0.3) is 11.1 Å². The van der Waals surface area contributed by atoms with Crippen LogP contribution in [-0.4, -0.2) is 52.8 Å². The average molecular weight is 672 g/mol. The molecule has 2 amide bonds. The molecule has 0 bridgehead atoms. The predicted octanol–water partition coefficient (Wildman–Crippen LogP) is 7.12. The number of hydroxylamine groups is 1. The third-order valence-electron chi connectivity index (χ3n) is 9.64. The Hall–Kier alpha value is -3.60. The second-order valence-electron chi connectivity index (χ2n) is 13.5. The number of benzene rings is 3. The number of carbonyl (C=O) groups excluding carboxylic acids is 2. The highest BCUT2D eigenvalue weighted by Crippen LogP contribution is 2.39. The van der Waals surface area contributed by atoms with Gasteiger partial charge < -0.3 is 24.8 Å². The first kappa shape index (κ1) is 36.7. The maximum absolute atomic E-state index is 12.4. The van der Waals surface area contributed by atoms with E-state index in [0.717, 1.165) is 78.7 Å². The molecule has 3 aromatic rings. The molecule has 0 aromatic heterocycles. The second kappa shape index (κ2) is 19.6. The van der Waals surface area contributed by atoms with E-state index in [1.807, 2.05) is 24.3 Å². The number of nitrogens with one attached hydrogen (secondary N) is 2. The fraction of sp³-hybridized carbons (Fsp3) is 0.500. The van der Waals surface area contributed by atoms with E-state index in [2.05, 4.69) is 58.7 Å². The summed E-state index contributed by atoms with van der Waals surface area (Å²) in [6, 6.07) is 24.7.